The van der Waals surface area contributed by atoms with Crippen LogP contribution in [0.2, 0.25) is 0 Å². The van der Waals surface area contributed by atoms with Crippen LogP contribution in [-0.2, 0) is 24.3 Å². The molecule has 0 spiro atoms. The highest BCUT2D eigenvalue weighted by Gasteiger charge is 2.12. The molecule has 5 heteroatoms. The fraction of sp³-hybridized carbons (Fsp3) is 0.435. The molecule has 0 saturated carbocycles. The summed E-state index contributed by atoms with van der Waals surface area (Å²) in [7, 11) is 3.23. The summed E-state index contributed by atoms with van der Waals surface area (Å²) < 4.78 is 10.6. The molecular formula is C23H30N2O3. The molecule has 1 aliphatic rings. The van der Waals surface area contributed by atoms with Gasteiger partial charge in [0.2, 0.25) is 5.91 Å². The van der Waals surface area contributed by atoms with Crippen LogP contribution in [0.1, 0.15) is 36.0 Å². The zero-order valence-electron chi connectivity index (χ0n) is 16.9. The summed E-state index contributed by atoms with van der Waals surface area (Å²) in [4.78, 5) is 14.7. The third kappa shape index (κ3) is 5.73. The average Bonchev–Trinajstić information content (AvgIpc) is 3.23. The van der Waals surface area contributed by atoms with Crippen LogP contribution in [-0.4, -0.2) is 38.1 Å². The lowest BCUT2D eigenvalue weighted by atomic mass is 10.1. The molecule has 1 heterocycles. The van der Waals surface area contributed by atoms with Crippen LogP contribution in [0, 0.1) is 0 Å². The maximum absolute atomic E-state index is 12.3. The minimum Gasteiger partial charge on any atom is -0.493 e. The molecule has 0 unspecified atom stereocenters. The Bertz CT molecular complexity index is 785. The molecule has 0 radical (unpaired) electrons. The molecule has 0 bridgehead atoms. The van der Waals surface area contributed by atoms with E-state index in [-0.39, 0.29) is 5.91 Å². The van der Waals surface area contributed by atoms with E-state index >= 15 is 0 Å². The molecule has 2 aromatic carbocycles. The maximum atomic E-state index is 12.3. The Labute approximate surface area is 167 Å². The van der Waals surface area contributed by atoms with Crippen LogP contribution >= 0.6 is 0 Å². The van der Waals surface area contributed by atoms with Gasteiger partial charge in [-0.2, -0.15) is 0 Å². The fourth-order valence-corrected chi connectivity index (χ4v) is 3.62. The molecule has 5 nitrogen and oxygen atoms in total. The topological polar surface area (TPSA) is 50.8 Å². The van der Waals surface area contributed by atoms with Crippen LogP contribution in [0.25, 0.3) is 0 Å². The Morgan fingerprint density at radius 1 is 0.964 bits per heavy atom. The number of ether oxygens (including phenoxy) is 2. The van der Waals surface area contributed by atoms with Crippen molar-refractivity contribution in [1.29, 1.82) is 0 Å². The van der Waals surface area contributed by atoms with Crippen molar-refractivity contribution in [1.82, 2.24) is 10.2 Å². The van der Waals surface area contributed by atoms with E-state index in [9.17, 15) is 4.79 Å². The van der Waals surface area contributed by atoms with E-state index in [1.54, 1.807) is 14.2 Å². The predicted octanol–water partition coefficient (Wildman–Crippen LogP) is 3.55. The average molecular weight is 383 g/mol. The van der Waals surface area contributed by atoms with E-state index in [1.165, 1.54) is 31.5 Å². The fourth-order valence-electron chi connectivity index (χ4n) is 3.62. The van der Waals surface area contributed by atoms with Gasteiger partial charge >= 0.3 is 0 Å². The lowest BCUT2D eigenvalue weighted by molar-refractivity contribution is -0.121. The molecule has 0 aliphatic carbocycles. The van der Waals surface area contributed by atoms with Gasteiger partial charge in [0, 0.05) is 19.5 Å². The summed E-state index contributed by atoms with van der Waals surface area (Å²) in [5.74, 6) is 1.44. The highest BCUT2D eigenvalue weighted by Crippen LogP contribution is 2.27. The molecule has 2 aromatic rings. The van der Waals surface area contributed by atoms with Crippen molar-refractivity contribution in [3.05, 3.63) is 59.2 Å². The van der Waals surface area contributed by atoms with E-state index in [0.717, 1.165) is 17.7 Å². The van der Waals surface area contributed by atoms with Crippen molar-refractivity contribution in [2.45, 2.75) is 38.8 Å². The molecule has 1 saturated heterocycles. The van der Waals surface area contributed by atoms with Crippen molar-refractivity contribution >= 4 is 5.91 Å². The summed E-state index contributed by atoms with van der Waals surface area (Å²) in [6.07, 6.45) is 3.72. The monoisotopic (exact) mass is 382 g/mol. The quantitative estimate of drug-likeness (QED) is 0.721. The van der Waals surface area contributed by atoms with Crippen LogP contribution in [0.15, 0.2) is 42.5 Å². The first-order chi connectivity index (χ1) is 13.7. The number of carbonyl (C=O) groups is 1. The van der Waals surface area contributed by atoms with Gasteiger partial charge in [0.25, 0.3) is 0 Å². The first-order valence-corrected chi connectivity index (χ1v) is 9.95. The van der Waals surface area contributed by atoms with E-state index in [4.69, 9.17) is 9.47 Å². The third-order valence-electron chi connectivity index (χ3n) is 5.17. The molecule has 1 N–H and O–H groups in total. The maximum Gasteiger partial charge on any atom is 0.220 e. The van der Waals surface area contributed by atoms with E-state index in [2.05, 4.69) is 34.5 Å². The van der Waals surface area contributed by atoms with Gasteiger partial charge in [0.05, 0.1) is 14.2 Å². The Balaban J connectivity index is 1.46. The first-order valence-electron chi connectivity index (χ1n) is 9.95. The molecule has 3 rings (SSSR count). The zero-order valence-corrected chi connectivity index (χ0v) is 16.9. The van der Waals surface area contributed by atoms with E-state index < -0.39 is 0 Å². The van der Waals surface area contributed by atoms with Gasteiger partial charge in [-0.25, -0.2) is 0 Å². The van der Waals surface area contributed by atoms with Crippen molar-refractivity contribution < 1.29 is 14.3 Å². The van der Waals surface area contributed by atoms with Crippen LogP contribution < -0.4 is 14.8 Å². The van der Waals surface area contributed by atoms with Gasteiger partial charge in [-0.1, -0.05) is 30.3 Å². The number of likely N-dealkylation sites (tertiary alicyclic amines) is 1. The molecule has 0 atom stereocenters. The second-order valence-electron chi connectivity index (χ2n) is 7.27. The largest absolute Gasteiger partial charge is 0.493 e. The highest BCUT2D eigenvalue weighted by molar-refractivity contribution is 5.76. The van der Waals surface area contributed by atoms with Gasteiger partial charge in [-0.15, -0.1) is 0 Å². The van der Waals surface area contributed by atoms with Gasteiger partial charge < -0.3 is 14.8 Å². The van der Waals surface area contributed by atoms with Crippen LogP contribution in [0.4, 0.5) is 0 Å². The summed E-state index contributed by atoms with van der Waals surface area (Å²) in [5, 5.41) is 3.03. The normalized spacial score (nSPS) is 14.1. The lowest BCUT2D eigenvalue weighted by Gasteiger charge is -2.15. The molecule has 1 fully saturated rings. The number of methoxy groups -OCH3 is 2. The zero-order chi connectivity index (χ0) is 19.8. The first kappa shape index (κ1) is 20.2. The predicted molar refractivity (Wildman–Crippen MR) is 111 cm³/mol. The van der Waals surface area contributed by atoms with Crippen LogP contribution in [0.3, 0.4) is 0 Å². The highest BCUT2D eigenvalue weighted by atomic mass is 16.5. The van der Waals surface area contributed by atoms with Crippen molar-refractivity contribution in [3.8, 4) is 11.5 Å². The van der Waals surface area contributed by atoms with Gasteiger partial charge in [0.1, 0.15) is 0 Å². The molecular weight excluding hydrogens is 352 g/mol. The standard InChI is InChI=1S/C23H30N2O3/c1-27-21-10-8-18(15-22(21)28-2)9-11-23(26)24-16-19-6-5-7-20(14-19)17-25-12-3-4-13-25/h5-8,10,14-15H,3-4,9,11-13,16-17H2,1-2H3,(H,24,26). The Hall–Kier alpha value is -2.53. The summed E-state index contributed by atoms with van der Waals surface area (Å²) in [5.41, 5.74) is 3.52. The number of aryl methyl sites for hydroxylation is 1. The Morgan fingerprint density at radius 3 is 2.46 bits per heavy atom. The number of hydrogen-bond acceptors (Lipinski definition) is 4. The smallest absolute Gasteiger partial charge is 0.220 e. The van der Waals surface area contributed by atoms with Crippen LogP contribution in [0.5, 0.6) is 11.5 Å². The summed E-state index contributed by atoms with van der Waals surface area (Å²) >= 11 is 0. The number of amides is 1. The minimum absolute atomic E-state index is 0.0553. The molecule has 1 amide bonds. The Morgan fingerprint density at radius 2 is 1.71 bits per heavy atom. The Kier molecular flexibility index (Phi) is 7.31. The number of carbonyl (C=O) groups excluding carboxylic acids is 1. The summed E-state index contributed by atoms with van der Waals surface area (Å²) in [6, 6.07) is 14.3. The molecule has 28 heavy (non-hydrogen) atoms. The second-order valence-corrected chi connectivity index (χ2v) is 7.27. The van der Waals surface area contributed by atoms with Gasteiger partial charge in [-0.05, 0) is 61.2 Å². The molecule has 150 valence electrons. The molecule has 1 aliphatic heterocycles. The number of hydrogen-bond donors (Lipinski definition) is 1. The van der Waals surface area contributed by atoms with Gasteiger partial charge in [-0.3, -0.25) is 9.69 Å². The van der Waals surface area contributed by atoms with Gasteiger partial charge in [0.15, 0.2) is 11.5 Å². The van der Waals surface area contributed by atoms with Crippen molar-refractivity contribution in [3.63, 3.8) is 0 Å². The number of nitrogens with zero attached hydrogens (tertiary/aromatic N) is 1. The SMILES string of the molecule is COc1ccc(CCC(=O)NCc2cccc(CN3CCCC3)c2)cc1OC. The second kappa shape index (κ2) is 10.1. The minimum atomic E-state index is 0.0553. The van der Waals surface area contributed by atoms with Crippen molar-refractivity contribution in [2.75, 3.05) is 27.3 Å². The van der Waals surface area contributed by atoms with E-state index in [0.29, 0.717) is 30.9 Å². The number of nitrogens with one attached hydrogen (secondary N) is 1. The molecule has 0 aromatic heterocycles. The van der Waals surface area contributed by atoms with E-state index in [1.807, 2.05) is 18.2 Å². The van der Waals surface area contributed by atoms with Crippen molar-refractivity contribution in [2.24, 2.45) is 0 Å². The third-order valence-corrected chi connectivity index (χ3v) is 5.17. The summed E-state index contributed by atoms with van der Waals surface area (Å²) in [6.45, 7) is 3.95. The number of benzene rings is 2. The lowest BCUT2D eigenvalue weighted by Crippen LogP contribution is -2.23. The number of rotatable bonds is 9.